The van der Waals surface area contributed by atoms with Crippen LogP contribution in [0.4, 0.5) is 0 Å². The van der Waals surface area contributed by atoms with Gasteiger partial charge in [0.05, 0.1) is 38.2 Å². The molecule has 7 nitrogen and oxygen atoms in total. The standard InChI is InChI=1S/C23H24ClN3O4/c1-29-16-10-20(30-2)18(21(11-16)31-3)13-27-9-8-19-17(12-27)23(28)26-22(25-19)14-4-6-15(24)7-5-14/h4-7,10-11H,8-9,12-13H2,1-3H3,(H,25,26,28). The van der Waals surface area contributed by atoms with E-state index in [0.717, 1.165) is 23.4 Å². The fourth-order valence-electron chi connectivity index (χ4n) is 3.82. The van der Waals surface area contributed by atoms with Crippen LogP contribution in [-0.4, -0.2) is 42.7 Å². The normalized spacial score (nSPS) is 13.5. The number of nitrogens with one attached hydrogen (secondary N) is 1. The number of rotatable bonds is 6. The Labute approximate surface area is 185 Å². The molecule has 0 amide bonds. The van der Waals surface area contributed by atoms with Gasteiger partial charge in [-0.05, 0) is 24.3 Å². The van der Waals surface area contributed by atoms with E-state index in [1.54, 1.807) is 33.5 Å². The first-order valence-corrected chi connectivity index (χ1v) is 10.3. The number of aromatic nitrogens is 2. The van der Waals surface area contributed by atoms with Crippen LogP contribution < -0.4 is 19.8 Å². The molecule has 31 heavy (non-hydrogen) atoms. The molecule has 2 aromatic carbocycles. The van der Waals surface area contributed by atoms with Crippen molar-refractivity contribution in [3.8, 4) is 28.6 Å². The summed E-state index contributed by atoms with van der Waals surface area (Å²) in [7, 11) is 4.85. The zero-order chi connectivity index (χ0) is 22.0. The Hall–Kier alpha value is -3.03. The molecule has 1 aliphatic rings. The van der Waals surface area contributed by atoms with Crippen LogP contribution >= 0.6 is 11.6 Å². The minimum Gasteiger partial charge on any atom is -0.496 e. The number of hydrogen-bond donors (Lipinski definition) is 1. The van der Waals surface area contributed by atoms with E-state index in [0.29, 0.717) is 53.2 Å². The Morgan fingerprint density at radius 1 is 1.06 bits per heavy atom. The third-order valence-electron chi connectivity index (χ3n) is 5.46. The predicted molar refractivity (Wildman–Crippen MR) is 119 cm³/mol. The summed E-state index contributed by atoms with van der Waals surface area (Å²) >= 11 is 5.97. The lowest BCUT2D eigenvalue weighted by molar-refractivity contribution is 0.233. The number of hydrogen-bond acceptors (Lipinski definition) is 6. The van der Waals surface area contributed by atoms with Crippen molar-refractivity contribution in [3.63, 3.8) is 0 Å². The lowest BCUT2D eigenvalue weighted by Gasteiger charge is -2.29. The average molecular weight is 442 g/mol. The topological polar surface area (TPSA) is 76.7 Å². The molecular weight excluding hydrogens is 418 g/mol. The van der Waals surface area contributed by atoms with Crippen molar-refractivity contribution in [2.24, 2.45) is 0 Å². The molecule has 0 unspecified atom stereocenters. The molecule has 8 heteroatoms. The summed E-state index contributed by atoms with van der Waals surface area (Å²) < 4.78 is 16.4. The van der Waals surface area contributed by atoms with Gasteiger partial charge >= 0.3 is 0 Å². The largest absolute Gasteiger partial charge is 0.496 e. The van der Waals surface area contributed by atoms with Crippen LogP contribution in [0.3, 0.4) is 0 Å². The maximum atomic E-state index is 12.8. The summed E-state index contributed by atoms with van der Waals surface area (Å²) in [5.41, 5.74) is 3.15. The van der Waals surface area contributed by atoms with Gasteiger partial charge in [-0.2, -0.15) is 0 Å². The number of aromatic amines is 1. The van der Waals surface area contributed by atoms with Gasteiger partial charge in [-0.3, -0.25) is 9.69 Å². The number of H-pyrrole nitrogens is 1. The second-order valence-corrected chi connectivity index (χ2v) is 7.75. The zero-order valence-electron chi connectivity index (χ0n) is 17.7. The number of halogens is 1. The van der Waals surface area contributed by atoms with Gasteiger partial charge in [0.2, 0.25) is 0 Å². The summed E-state index contributed by atoms with van der Waals surface area (Å²) in [6.07, 6.45) is 0.681. The molecule has 1 aliphatic heterocycles. The molecule has 162 valence electrons. The second kappa shape index (κ2) is 8.99. The lowest BCUT2D eigenvalue weighted by Crippen LogP contribution is -2.35. The van der Waals surface area contributed by atoms with Gasteiger partial charge in [-0.25, -0.2) is 4.98 Å². The smallest absolute Gasteiger partial charge is 0.255 e. The van der Waals surface area contributed by atoms with Gasteiger partial charge in [0.1, 0.15) is 23.1 Å². The predicted octanol–water partition coefficient (Wildman–Crippen LogP) is 3.67. The minimum absolute atomic E-state index is 0.117. The van der Waals surface area contributed by atoms with Crippen molar-refractivity contribution >= 4 is 11.6 Å². The molecule has 1 N–H and O–H groups in total. The quantitative estimate of drug-likeness (QED) is 0.629. The fraction of sp³-hybridized carbons (Fsp3) is 0.304. The van der Waals surface area contributed by atoms with Crippen LogP contribution in [0, 0.1) is 0 Å². The van der Waals surface area contributed by atoms with Crippen LogP contribution in [0.1, 0.15) is 16.8 Å². The first-order valence-electron chi connectivity index (χ1n) is 9.91. The van der Waals surface area contributed by atoms with Gasteiger partial charge in [-0.1, -0.05) is 11.6 Å². The Morgan fingerprint density at radius 3 is 2.35 bits per heavy atom. The van der Waals surface area contributed by atoms with Crippen molar-refractivity contribution < 1.29 is 14.2 Å². The molecule has 0 fully saturated rings. The van der Waals surface area contributed by atoms with E-state index < -0.39 is 0 Å². The second-order valence-electron chi connectivity index (χ2n) is 7.32. The van der Waals surface area contributed by atoms with Crippen LogP contribution in [0.25, 0.3) is 11.4 Å². The zero-order valence-corrected chi connectivity index (χ0v) is 18.5. The van der Waals surface area contributed by atoms with Crippen LogP contribution in [0.15, 0.2) is 41.2 Å². The van der Waals surface area contributed by atoms with E-state index in [1.807, 2.05) is 24.3 Å². The van der Waals surface area contributed by atoms with Gasteiger partial charge in [0, 0.05) is 48.8 Å². The van der Waals surface area contributed by atoms with E-state index in [4.69, 9.17) is 30.8 Å². The Morgan fingerprint density at radius 2 is 1.74 bits per heavy atom. The van der Waals surface area contributed by atoms with Gasteiger partial charge in [0.15, 0.2) is 0 Å². The van der Waals surface area contributed by atoms with Crippen molar-refractivity contribution in [2.45, 2.75) is 19.5 Å². The summed E-state index contributed by atoms with van der Waals surface area (Å²) in [5.74, 6) is 2.60. The summed E-state index contributed by atoms with van der Waals surface area (Å²) in [5, 5.41) is 0.643. The van der Waals surface area contributed by atoms with E-state index in [1.165, 1.54) is 0 Å². The summed E-state index contributed by atoms with van der Waals surface area (Å²) in [6.45, 7) is 1.84. The average Bonchev–Trinajstić information content (AvgIpc) is 2.79. The Kier molecular flexibility index (Phi) is 6.15. The monoisotopic (exact) mass is 441 g/mol. The first kappa shape index (κ1) is 21.2. The van der Waals surface area contributed by atoms with E-state index >= 15 is 0 Å². The molecule has 0 radical (unpaired) electrons. The summed E-state index contributed by atoms with van der Waals surface area (Å²) in [4.78, 5) is 22.7. The van der Waals surface area contributed by atoms with E-state index in [9.17, 15) is 4.79 Å². The Bertz CT molecular complexity index is 1120. The number of nitrogens with zero attached hydrogens (tertiary/aromatic N) is 2. The van der Waals surface area contributed by atoms with E-state index in [-0.39, 0.29) is 5.56 Å². The molecule has 1 aromatic heterocycles. The lowest BCUT2D eigenvalue weighted by atomic mass is 10.0. The molecule has 3 aromatic rings. The summed E-state index contributed by atoms with van der Waals surface area (Å²) in [6, 6.07) is 10.9. The highest BCUT2D eigenvalue weighted by molar-refractivity contribution is 6.30. The molecule has 0 saturated heterocycles. The van der Waals surface area contributed by atoms with Crippen LogP contribution in [0.2, 0.25) is 5.02 Å². The van der Waals surface area contributed by atoms with E-state index in [2.05, 4.69) is 9.88 Å². The molecule has 0 saturated carbocycles. The third-order valence-corrected chi connectivity index (χ3v) is 5.72. The van der Waals surface area contributed by atoms with Crippen LogP contribution in [0.5, 0.6) is 17.2 Å². The van der Waals surface area contributed by atoms with Gasteiger partial charge in [-0.15, -0.1) is 0 Å². The minimum atomic E-state index is -0.117. The number of ether oxygens (including phenoxy) is 3. The van der Waals surface area contributed by atoms with Crippen molar-refractivity contribution in [1.29, 1.82) is 0 Å². The van der Waals surface area contributed by atoms with Gasteiger partial charge in [0.25, 0.3) is 5.56 Å². The highest BCUT2D eigenvalue weighted by atomic mass is 35.5. The maximum Gasteiger partial charge on any atom is 0.255 e. The van der Waals surface area contributed by atoms with Gasteiger partial charge < -0.3 is 19.2 Å². The van der Waals surface area contributed by atoms with Crippen molar-refractivity contribution in [2.75, 3.05) is 27.9 Å². The Balaban J connectivity index is 1.60. The molecule has 0 atom stereocenters. The molecule has 0 aliphatic carbocycles. The first-order chi connectivity index (χ1) is 15.0. The number of methoxy groups -OCH3 is 3. The number of fused-ring (bicyclic) bond motifs is 1. The third kappa shape index (κ3) is 4.38. The number of benzene rings is 2. The molecule has 4 rings (SSSR count). The highest BCUT2D eigenvalue weighted by Crippen LogP contribution is 2.35. The van der Waals surface area contributed by atoms with Crippen molar-refractivity contribution in [1.82, 2.24) is 14.9 Å². The molecule has 0 spiro atoms. The molecular formula is C23H24ClN3O4. The van der Waals surface area contributed by atoms with Crippen molar-refractivity contribution in [3.05, 3.63) is 68.6 Å². The molecule has 0 bridgehead atoms. The maximum absolute atomic E-state index is 12.8. The van der Waals surface area contributed by atoms with Crippen LogP contribution in [-0.2, 0) is 19.5 Å². The molecule has 2 heterocycles. The SMILES string of the molecule is COc1cc(OC)c(CN2CCc3nc(-c4ccc(Cl)cc4)[nH]c(=O)c3C2)c(OC)c1. The highest BCUT2D eigenvalue weighted by Gasteiger charge is 2.24. The fourth-order valence-corrected chi connectivity index (χ4v) is 3.94.